The molecule has 0 aliphatic rings. The molecular formula is C13H12O3. The number of hydrogen-bond donors (Lipinski definition) is 1. The topological polar surface area (TPSA) is 46.5 Å². The van der Waals surface area contributed by atoms with Crippen molar-refractivity contribution in [3.8, 4) is 11.5 Å². The van der Waals surface area contributed by atoms with Gasteiger partial charge in [-0.25, -0.2) is 0 Å². The van der Waals surface area contributed by atoms with Crippen LogP contribution in [0.4, 0.5) is 0 Å². The lowest BCUT2D eigenvalue weighted by atomic mass is 10.0. The molecule has 0 saturated heterocycles. The van der Waals surface area contributed by atoms with E-state index in [0.717, 1.165) is 5.39 Å². The number of phenols is 1. The SMILES string of the molecule is COc1cc(C(C)=O)c(O)c2ccccc12. The van der Waals surface area contributed by atoms with Gasteiger partial charge in [-0.1, -0.05) is 24.3 Å². The quantitative estimate of drug-likeness (QED) is 0.785. The summed E-state index contributed by atoms with van der Waals surface area (Å²) in [4.78, 5) is 11.4. The van der Waals surface area contributed by atoms with E-state index in [0.29, 0.717) is 11.1 Å². The second-order valence-electron chi connectivity index (χ2n) is 3.58. The Labute approximate surface area is 93.3 Å². The molecule has 3 heteroatoms. The largest absolute Gasteiger partial charge is 0.507 e. The van der Waals surface area contributed by atoms with E-state index in [2.05, 4.69) is 0 Å². The minimum atomic E-state index is -0.179. The highest BCUT2D eigenvalue weighted by Crippen LogP contribution is 2.35. The molecule has 0 radical (unpaired) electrons. The highest BCUT2D eigenvalue weighted by molar-refractivity contribution is 6.05. The fraction of sp³-hybridized carbons (Fsp3) is 0.154. The number of methoxy groups -OCH3 is 1. The summed E-state index contributed by atoms with van der Waals surface area (Å²) in [5, 5.41) is 11.4. The number of ketones is 1. The summed E-state index contributed by atoms with van der Waals surface area (Å²) in [5.41, 5.74) is 0.288. The van der Waals surface area contributed by atoms with Crippen molar-refractivity contribution in [2.45, 2.75) is 6.92 Å². The molecule has 82 valence electrons. The third kappa shape index (κ3) is 1.50. The molecule has 3 nitrogen and oxygen atoms in total. The van der Waals surface area contributed by atoms with Crippen molar-refractivity contribution >= 4 is 16.6 Å². The van der Waals surface area contributed by atoms with Crippen molar-refractivity contribution in [2.24, 2.45) is 0 Å². The second kappa shape index (κ2) is 3.85. The molecule has 0 aliphatic heterocycles. The summed E-state index contributed by atoms with van der Waals surface area (Å²) in [6.45, 7) is 1.42. The minimum Gasteiger partial charge on any atom is -0.507 e. The van der Waals surface area contributed by atoms with E-state index in [1.807, 2.05) is 18.2 Å². The van der Waals surface area contributed by atoms with E-state index in [1.165, 1.54) is 6.92 Å². The number of phenolic OH excluding ortho intramolecular Hbond substituents is 1. The lowest BCUT2D eigenvalue weighted by molar-refractivity contribution is 0.101. The highest BCUT2D eigenvalue weighted by atomic mass is 16.5. The van der Waals surface area contributed by atoms with E-state index in [9.17, 15) is 9.90 Å². The molecule has 0 aromatic heterocycles. The van der Waals surface area contributed by atoms with Gasteiger partial charge >= 0.3 is 0 Å². The molecule has 2 aromatic rings. The fourth-order valence-electron chi connectivity index (χ4n) is 1.76. The lowest BCUT2D eigenvalue weighted by Crippen LogP contribution is -1.96. The van der Waals surface area contributed by atoms with E-state index in [-0.39, 0.29) is 17.1 Å². The van der Waals surface area contributed by atoms with Gasteiger partial charge in [-0.05, 0) is 13.0 Å². The molecule has 0 aliphatic carbocycles. The molecule has 16 heavy (non-hydrogen) atoms. The molecule has 0 amide bonds. The molecule has 2 rings (SSSR count). The van der Waals surface area contributed by atoms with Crippen LogP contribution in [0.5, 0.6) is 11.5 Å². The van der Waals surface area contributed by atoms with Crippen LogP contribution < -0.4 is 4.74 Å². The monoisotopic (exact) mass is 216 g/mol. The minimum absolute atomic E-state index is 0.0175. The van der Waals surface area contributed by atoms with Gasteiger partial charge < -0.3 is 9.84 Å². The molecule has 1 N–H and O–H groups in total. The zero-order valence-electron chi connectivity index (χ0n) is 9.15. The molecule has 0 saturated carbocycles. The number of ether oxygens (including phenoxy) is 1. The Kier molecular flexibility index (Phi) is 2.52. The van der Waals surface area contributed by atoms with Crippen molar-refractivity contribution in [1.82, 2.24) is 0 Å². The van der Waals surface area contributed by atoms with Gasteiger partial charge in [0.05, 0.1) is 12.7 Å². The van der Waals surface area contributed by atoms with Gasteiger partial charge in [0.1, 0.15) is 11.5 Å². The predicted octanol–water partition coefficient (Wildman–Crippen LogP) is 2.76. The van der Waals surface area contributed by atoms with E-state index >= 15 is 0 Å². The van der Waals surface area contributed by atoms with Crippen molar-refractivity contribution in [3.05, 3.63) is 35.9 Å². The third-order valence-corrected chi connectivity index (χ3v) is 2.58. The average Bonchev–Trinajstić information content (AvgIpc) is 2.29. The van der Waals surface area contributed by atoms with Gasteiger partial charge in [0.15, 0.2) is 5.78 Å². The summed E-state index contributed by atoms with van der Waals surface area (Å²) in [5.74, 6) is 0.434. The first-order valence-corrected chi connectivity index (χ1v) is 4.94. The molecule has 0 atom stereocenters. The number of fused-ring (bicyclic) bond motifs is 1. The summed E-state index contributed by atoms with van der Waals surface area (Å²) < 4.78 is 5.21. The Bertz CT molecular complexity index is 558. The average molecular weight is 216 g/mol. The molecule has 0 fully saturated rings. The number of aromatic hydroxyl groups is 1. The van der Waals surface area contributed by atoms with Crippen molar-refractivity contribution < 1.29 is 14.6 Å². The normalized spacial score (nSPS) is 10.4. The summed E-state index contributed by atoms with van der Waals surface area (Å²) in [6, 6.07) is 8.85. The lowest BCUT2D eigenvalue weighted by Gasteiger charge is -2.10. The van der Waals surface area contributed by atoms with Crippen molar-refractivity contribution in [3.63, 3.8) is 0 Å². The number of carbonyl (C=O) groups excluding carboxylic acids is 1. The number of benzene rings is 2. The molecule has 0 unspecified atom stereocenters. The number of rotatable bonds is 2. The number of Topliss-reactive ketones (excluding diaryl/α,β-unsaturated/α-hetero) is 1. The smallest absolute Gasteiger partial charge is 0.163 e. The number of hydrogen-bond acceptors (Lipinski definition) is 3. The number of carbonyl (C=O) groups is 1. The summed E-state index contributed by atoms with van der Waals surface area (Å²) in [7, 11) is 1.54. The van der Waals surface area contributed by atoms with Crippen LogP contribution in [0, 0.1) is 0 Å². The summed E-state index contributed by atoms with van der Waals surface area (Å²) >= 11 is 0. The Morgan fingerprint density at radius 3 is 2.44 bits per heavy atom. The Morgan fingerprint density at radius 1 is 1.25 bits per heavy atom. The van der Waals surface area contributed by atoms with Gasteiger partial charge in [0, 0.05) is 10.8 Å². The van der Waals surface area contributed by atoms with Gasteiger partial charge in [-0.15, -0.1) is 0 Å². The summed E-state index contributed by atoms with van der Waals surface area (Å²) in [6.07, 6.45) is 0. The fourth-order valence-corrected chi connectivity index (χ4v) is 1.76. The van der Waals surface area contributed by atoms with E-state index in [1.54, 1.807) is 19.2 Å². The van der Waals surface area contributed by atoms with Crippen LogP contribution in [0.25, 0.3) is 10.8 Å². The Morgan fingerprint density at radius 2 is 1.88 bits per heavy atom. The zero-order valence-corrected chi connectivity index (χ0v) is 9.15. The van der Waals surface area contributed by atoms with E-state index in [4.69, 9.17) is 4.74 Å². The third-order valence-electron chi connectivity index (χ3n) is 2.58. The van der Waals surface area contributed by atoms with Crippen LogP contribution in [0.2, 0.25) is 0 Å². The first-order valence-electron chi connectivity index (χ1n) is 4.94. The highest BCUT2D eigenvalue weighted by Gasteiger charge is 2.14. The maximum absolute atomic E-state index is 11.4. The maximum Gasteiger partial charge on any atom is 0.163 e. The standard InChI is InChI=1S/C13H12O3/c1-8(14)11-7-12(16-2)9-5-3-4-6-10(9)13(11)15/h3-7,15H,1-2H3. The van der Waals surface area contributed by atoms with Crippen LogP contribution in [-0.4, -0.2) is 18.0 Å². The zero-order chi connectivity index (χ0) is 11.7. The van der Waals surface area contributed by atoms with Crippen LogP contribution in [0.1, 0.15) is 17.3 Å². The second-order valence-corrected chi connectivity index (χ2v) is 3.58. The van der Waals surface area contributed by atoms with Crippen LogP contribution in [0.3, 0.4) is 0 Å². The van der Waals surface area contributed by atoms with Crippen LogP contribution in [0.15, 0.2) is 30.3 Å². The first kappa shape index (κ1) is 10.5. The van der Waals surface area contributed by atoms with Gasteiger partial charge in [-0.2, -0.15) is 0 Å². The maximum atomic E-state index is 11.4. The van der Waals surface area contributed by atoms with E-state index < -0.39 is 0 Å². The molecule has 0 bridgehead atoms. The van der Waals surface area contributed by atoms with Gasteiger partial charge in [0.2, 0.25) is 0 Å². The Balaban J connectivity index is 2.88. The predicted molar refractivity (Wildman–Crippen MR) is 62.2 cm³/mol. The van der Waals surface area contributed by atoms with Gasteiger partial charge in [0.25, 0.3) is 0 Å². The van der Waals surface area contributed by atoms with Gasteiger partial charge in [-0.3, -0.25) is 4.79 Å². The molecule has 0 spiro atoms. The molecule has 0 heterocycles. The van der Waals surface area contributed by atoms with Crippen LogP contribution >= 0.6 is 0 Å². The van der Waals surface area contributed by atoms with Crippen LogP contribution in [-0.2, 0) is 0 Å². The van der Waals surface area contributed by atoms with Crippen molar-refractivity contribution in [1.29, 1.82) is 0 Å². The molecule has 2 aromatic carbocycles. The molecular weight excluding hydrogens is 204 g/mol. The Hall–Kier alpha value is -2.03. The van der Waals surface area contributed by atoms with Crippen molar-refractivity contribution in [2.75, 3.05) is 7.11 Å². The first-order chi connectivity index (χ1) is 7.65.